The first-order valence-corrected chi connectivity index (χ1v) is 7.96. The van der Waals surface area contributed by atoms with Crippen LogP contribution in [0, 0.1) is 23.3 Å². The van der Waals surface area contributed by atoms with Crippen LogP contribution in [0.2, 0.25) is 0 Å². The van der Waals surface area contributed by atoms with Crippen molar-refractivity contribution in [3.63, 3.8) is 0 Å². The van der Waals surface area contributed by atoms with Crippen LogP contribution in [0.15, 0.2) is 36.5 Å². The molecule has 1 unspecified atom stereocenters. The Hall–Kier alpha value is -2.39. The fraction of sp³-hybridized carbons (Fsp3) is 0.312. The van der Waals surface area contributed by atoms with E-state index in [1.165, 1.54) is 11.3 Å². The zero-order chi connectivity index (χ0) is 15.5. The molecule has 1 N–H and O–H groups in total. The number of rotatable bonds is 3. The van der Waals surface area contributed by atoms with Gasteiger partial charge in [0, 0.05) is 19.3 Å². The van der Waals surface area contributed by atoms with E-state index in [2.05, 4.69) is 16.5 Å². The molecule has 112 valence electrons. The van der Waals surface area contributed by atoms with Gasteiger partial charge in [0.05, 0.1) is 10.8 Å². The monoisotopic (exact) mass is 312 g/mol. The normalized spacial score (nSPS) is 20.6. The SMILES string of the molecule is CC1CN(C#N)C[C@H]1C(=O)Nc1ncc(-c2ccccc2)s1. The van der Waals surface area contributed by atoms with Crippen LogP contribution in [-0.2, 0) is 4.79 Å². The Morgan fingerprint density at radius 1 is 1.41 bits per heavy atom. The van der Waals surface area contributed by atoms with E-state index in [9.17, 15) is 4.79 Å². The predicted molar refractivity (Wildman–Crippen MR) is 86.0 cm³/mol. The van der Waals surface area contributed by atoms with Crippen molar-refractivity contribution in [1.29, 1.82) is 5.26 Å². The van der Waals surface area contributed by atoms with Crippen LogP contribution in [-0.4, -0.2) is 28.9 Å². The van der Waals surface area contributed by atoms with Gasteiger partial charge in [-0.2, -0.15) is 5.26 Å². The lowest BCUT2D eigenvalue weighted by Gasteiger charge is -2.11. The van der Waals surface area contributed by atoms with Gasteiger partial charge < -0.3 is 10.2 Å². The molecule has 1 fully saturated rings. The molecule has 1 amide bonds. The third kappa shape index (κ3) is 2.95. The van der Waals surface area contributed by atoms with Gasteiger partial charge in [0.1, 0.15) is 0 Å². The summed E-state index contributed by atoms with van der Waals surface area (Å²) < 4.78 is 0. The minimum absolute atomic E-state index is 0.0563. The van der Waals surface area contributed by atoms with E-state index >= 15 is 0 Å². The van der Waals surface area contributed by atoms with E-state index in [1.807, 2.05) is 37.3 Å². The molecular weight excluding hydrogens is 296 g/mol. The Morgan fingerprint density at radius 2 is 2.18 bits per heavy atom. The van der Waals surface area contributed by atoms with Crippen LogP contribution >= 0.6 is 11.3 Å². The summed E-state index contributed by atoms with van der Waals surface area (Å²) in [5.41, 5.74) is 1.09. The topological polar surface area (TPSA) is 69.0 Å². The molecule has 6 heteroatoms. The summed E-state index contributed by atoms with van der Waals surface area (Å²) in [6.07, 6.45) is 3.88. The van der Waals surface area contributed by atoms with Crippen molar-refractivity contribution < 1.29 is 4.79 Å². The van der Waals surface area contributed by atoms with Gasteiger partial charge in [-0.05, 0) is 11.5 Å². The minimum atomic E-state index is -0.163. The summed E-state index contributed by atoms with van der Waals surface area (Å²) >= 11 is 1.46. The number of benzene rings is 1. The summed E-state index contributed by atoms with van der Waals surface area (Å²) in [6.45, 7) is 3.13. The maximum absolute atomic E-state index is 12.4. The number of carbonyl (C=O) groups is 1. The number of amides is 1. The number of hydrogen-bond donors (Lipinski definition) is 1. The fourth-order valence-electron chi connectivity index (χ4n) is 2.66. The molecule has 1 saturated heterocycles. The van der Waals surface area contributed by atoms with Crippen LogP contribution in [0.1, 0.15) is 6.92 Å². The largest absolute Gasteiger partial charge is 0.310 e. The predicted octanol–water partition coefficient (Wildman–Crippen LogP) is 2.80. The second-order valence-electron chi connectivity index (χ2n) is 5.47. The number of nitrogens with zero attached hydrogens (tertiary/aromatic N) is 3. The summed E-state index contributed by atoms with van der Waals surface area (Å²) in [6, 6.07) is 9.95. The number of anilines is 1. The number of aromatic nitrogens is 1. The van der Waals surface area contributed by atoms with Gasteiger partial charge in [0.2, 0.25) is 5.91 Å². The molecule has 1 aliphatic rings. The molecule has 1 aromatic carbocycles. The van der Waals surface area contributed by atoms with Crippen molar-refractivity contribution in [3.8, 4) is 16.6 Å². The van der Waals surface area contributed by atoms with Crippen LogP contribution in [0.4, 0.5) is 5.13 Å². The highest BCUT2D eigenvalue weighted by Gasteiger charge is 2.34. The molecule has 2 heterocycles. The average molecular weight is 312 g/mol. The Labute approximate surface area is 133 Å². The Bertz CT molecular complexity index is 706. The summed E-state index contributed by atoms with van der Waals surface area (Å²) in [7, 11) is 0. The van der Waals surface area contributed by atoms with Crippen molar-refractivity contribution in [2.75, 3.05) is 18.4 Å². The average Bonchev–Trinajstić information content (AvgIpc) is 3.14. The number of carbonyl (C=O) groups excluding carboxylic acids is 1. The molecule has 0 aliphatic carbocycles. The lowest BCUT2D eigenvalue weighted by Crippen LogP contribution is -2.27. The van der Waals surface area contributed by atoms with E-state index in [4.69, 9.17) is 5.26 Å². The minimum Gasteiger partial charge on any atom is -0.310 e. The second-order valence-corrected chi connectivity index (χ2v) is 6.50. The molecule has 1 aromatic heterocycles. The van der Waals surface area contributed by atoms with Crippen LogP contribution in [0.3, 0.4) is 0 Å². The van der Waals surface area contributed by atoms with Crippen LogP contribution in [0.5, 0.6) is 0 Å². The molecule has 0 bridgehead atoms. The molecule has 0 radical (unpaired) electrons. The van der Waals surface area contributed by atoms with Gasteiger partial charge in [0.25, 0.3) is 0 Å². The Balaban J connectivity index is 1.68. The molecule has 0 saturated carbocycles. The van der Waals surface area contributed by atoms with Crippen molar-refractivity contribution in [3.05, 3.63) is 36.5 Å². The molecule has 22 heavy (non-hydrogen) atoms. The first kappa shape index (κ1) is 14.5. The fourth-order valence-corrected chi connectivity index (χ4v) is 3.48. The van der Waals surface area contributed by atoms with Gasteiger partial charge in [-0.25, -0.2) is 4.98 Å². The highest BCUT2D eigenvalue weighted by Crippen LogP contribution is 2.30. The van der Waals surface area contributed by atoms with Crippen LogP contribution < -0.4 is 5.32 Å². The molecule has 1 aliphatic heterocycles. The first-order chi connectivity index (χ1) is 10.7. The Morgan fingerprint density at radius 3 is 2.86 bits per heavy atom. The number of likely N-dealkylation sites (tertiary alicyclic amines) is 1. The summed E-state index contributed by atoms with van der Waals surface area (Å²) in [5.74, 6) is -0.0452. The molecule has 3 rings (SSSR count). The number of nitrogens with one attached hydrogen (secondary N) is 1. The zero-order valence-electron chi connectivity index (χ0n) is 12.2. The lowest BCUT2D eigenvalue weighted by molar-refractivity contribution is -0.120. The van der Waals surface area contributed by atoms with Crippen molar-refractivity contribution >= 4 is 22.4 Å². The highest BCUT2D eigenvalue weighted by molar-refractivity contribution is 7.19. The van der Waals surface area contributed by atoms with Crippen molar-refractivity contribution in [2.24, 2.45) is 11.8 Å². The third-order valence-corrected chi connectivity index (χ3v) is 4.85. The number of thiazole rings is 1. The standard InChI is InChI=1S/C16H16N4OS/c1-11-8-20(10-17)9-13(11)15(21)19-16-18-7-14(22-16)12-5-3-2-4-6-12/h2-7,11,13H,8-9H2,1H3,(H,18,19,21)/t11?,13-/m1/s1. The number of hydrogen-bond acceptors (Lipinski definition) is 5. The molecule has 2 atom stereocenters. The van der Waals surface area contributed by atoms with Crippen molar-refractivity contribution in [2.45, 2.75) is 6.92 Å². The van der Waals surface area contributed by atoms with Gasteiger partial charge >= 0.3 is 0 Å². The molecule has 0 spiro atoms. The van der Waals surface area contributed by atoms with E-state index in [1.54, 1.807) is 11.1 Å². The van der Waals surface area contributed by atoms with Gasteiger partial charge in [0.15, 0.2) is 11.3 Å². The van der Waals surface area contributed by atoms with E-state index in [0.29, 0.717) is 18.2 Å². The van der Waals surface area contributed by atoms with Crippen molar-refractivity contribution in [1.82, 2.24) is 9.88 Å². The van der Waals surface area contributed by atoms with E-state index < -0.39 is 0 Å². The molecular formula is C16H16N4OS. The quantitative estimate of drug-likeness (QED) is 0.885. The maximum atomic E-state index is 12.4. The van der Waals surface area contributed by atoms with E-state index in [0.717, 1.165) is 10.4 Å². The zero-order valence-corrected chi connectivity index (χ0v) is 13.0. The lowest BCUT2D eigenvalue weighted by atomic mass is 9.97. The second kappa shape index (κ2) is 6.16. The summed E-state index contributed by atoms with van der Waals surface area (Å²) in [4.78, 5) is 19.3. The smallest absolute Gasteiger partial charge is 0.231 e. The maximum Gasteiger partial charge on any atom is 0.231 e. The van der Waals surface area contributed by atoms with Crippen LogP contribution in [0.25, 0.3) is 10.4 Å². The third-order valence-electron chi connectivity index (χ3n) is 3.88. The summed E-state index contributed by atoms with van der Waals surface area (Å²) in [5, 5.41) is 12.4. The van der Waals surface area contributed by atoms with E-state index in [-0.39, 0.29) is 17.7 Å². The Kier molecular flexibility index (Phi) is 4.07. The first-order valence-electron chi connectivity index (χ1n) is 7.14. The van der Waals surface area contributed by atoms with Gasteiger partial charge in [-0.15, -0.1) is 0 Å². The molecule has 5 nitrogen and oxygen atoms in total. The molecule has 2 aromatic rings. The highest BCUT2D eigenvalue weighted by atomic mass is 32.1. The van der Waals surface area contributed by atoms with Gasteiger partial charge in [-0.3, -0.25) is 4.79 Å². The number of nitriles is 1. The van der Waals surface area contributed by atoms with Gasteiger partial charge in [-0.1, -0.05) is 48.6 Å².